The molecule has 7 heteroatoms. The molecule has 0 aliphatic carbocycles. The number of methoxy groups -OCH3 is 1. The van der Waals surface area contributed by atoms with Crippen LogP contribution in [0.3, 0.4) is 0 Å². The molecule has 0 aliphatic rings. The fraction of sp³-hybridized carbons (Fsp3) is 0.500. The molecule has 0 aliphatic heterocycles. The quantitative estimate of drug-likeness (QED) is 0.447. The number of amides is 1. The number of quaternary nitrogens is 1. The molecule has 1 rings (SSSR count). The molecule has 1 aromatic carbocycles. The fourth-order valence-corrected chi connectivity index (χ4v) is 2.15. The number of hydrogen-bond donors (Lipinski definition) is 2. The number of carbonyl (C=O) groups excluding carboxylic acids is 1. The summed E-state index contributed by atoms with van der Waals surface area (Å²) in [5.74, 6) is -0.269. The zero-order valence-corrected chi connectivity index (χ0v) is 14.3. The zero-order chi connectivity index (χ0) is 15.9. The number of ether oxygens (including phenoxy) is 1. The summed E-state index contributed by atoms with van der Waals surface area (Å²) in [7, 11) is 1.63. The number of aryl methyl sites for hydroxylation is 1. The summed E-state index contributed by atoms with van der Waals surface area (Å²) < 4.78 is 3.37. The first-order chi connectivity index (χ1) is 9.84. The van der Waals surface area contributed by atoms with Gasteiger partial charge in [0.1, 0.15) is 0 Å². The SMILES string of the molecule is COCCC[NH2+][C@@H](NC(=O)c1ccc(C)cc1)C(Cl)(Cl)Cl. The molecular formula is C14H20Cl3N2O2+. The Labute approximate surface area is 140 Å². The second kappa shape index (κ2) is 8.81. The number of rotatable bonds is 7. The van der Waals surface area contributed by atoms with Crippen LogP contribution in [0.1, 0.15) is 22.3 Å². The number of carbonyl (C=O) groups is 1. The maximum atomic E-state index is 12.2. The van der Waals surface area contributed by atoms with E-state index < -0.39 is 9.96 Å². The van der Waals surface area contributed by atoms with E-state index in [0.717, 1.165) is 12.0 Å². The van der Waals surface area contributed by atoms with Crippen molar-refractivity contribution in [1.82, 2.24) is 5.32 Å². The molecule has 21 heavy (non-hydrogen) atoms. The first kappa shape index (κ1) is 18.5. The van der Waals surface area contributed by atoms with Gasteiger partial charge >= 0.3 is 0 Å². The monoisotopic (exact) mass is 353 g/mol. The highest BCUT2D eigenvalue weighted by Gasteiger charge is 2.37. The first-order valence-corrected chi connectivity index (χ1v) is 7.74. The lowest BCUT2D eigenvalue weighted by molar-refractivity contribution is -0.692. The highest BCUT2D eigenvalue weighted by molar-refractivity contribution is 6.68. The maximum absolute atomic E-state index is 12.2. The van der Waals surface area contributed by atoms with E-state index >= 15 is 0 Å². The molecule has 1 amide bonds. The second-order valence-electron chi connectivity index (χ2n) is 4.73. The third kappa shape index (κ3) is 6.85. The number of alkyl halides is 3. The minimum atomic E-state index is -1.59. The van der Waals surface area contributed by atoms with Crippen molar-refractivity contribution in [1.29, 1.82) is 0 Å². The van der Waals surface area contributed by atoms with Crippen molar-refractivity contribution in [2.24, 2.45) is 0 Å². The van der Waals surface area contributed by atoms with Gasteiger partial charge in [0, 0.05) is 19.1 Å². The van der Waals surface area contributed by atoms with Crippen molar-refractivity contribution < 1.29 is 14.8 Å². The molecule has 0 bridgehead atoms. The fourth-order valence-electron chi connectivity index (χ4n) is 1.72. The highest BCUT2D eigenvalue weighted by atomic mass is 35.6. The van der Waals surface area contributed by atoms with Crippen molar-refractivity contribution >= 4 is 40.7 Å². The summed E-state index contributed by atoms with van der Waals surface area (Å²) >= 11 is 17.8. The Hall–Kier alpha value is -0.520. The lowest BCUT2D eigenvalue weighted by Crippen LogP contribution is -2.96. The number of halogens is 3. The van der Waals surface area contributed by atoms with Gasteiger partial charge in [0.2, 0.25) is 6.17 Å². The van der Waals surface area contributed by atoms with E-state index in [1.54, 1.807) is 24.6 Å². The predicted octanol–water partition coefficient (Wildman–Crippen LogP) is 2.02. The van der Waals surface area contributed by atoms with Crippen LogP contribution in [0.25, 0.3) is 0 Å². The Kier molecular flexibility index (Phi) is 7.77. The van der Waals surface area contributed by atoms with Crippen molar-refractivity contribution in [2.45, 2.75) is 23.3 Å². The summed E-state index contributed by atoms with van der Waals surface area (Å²) in [5, 5.41) is 4.53. The summed E-state index contributed by atoms with van der Waals surface area (Å²) in [6.45, 7) is 3.25. The van der Waals surface area contributed by atoms with E-state index in [2.05, 4.69) is 5.32 Å². The summed E-state index contributed by atoms with van der Waals surface area (Å²) in [6.07, 6.45) is 0.141. The van der Waals surface area contributed by atoms with Gasteiger partial charge in [-0.25, -0.2) is 0 Å². The molecule has 4 nitrogen and oxygen atoms in total. The Bertz CT molecular complexity index is 447. The van der Waals surface area contributed by atoms with Gasteiger partial charge in [-0.05, 0) is 19.1 Å². The van der Waals surface area contributed by atoms with Gasteiger partial charge in [0.05, 0.1) is 13.2 Å². The minimum Gasteiger partial charge on any atom is -0.384 e. The van der Waals surface area contributed by atoms with Gasteiger partial charge in [0.15, 0.2) is 0 Å². The molecular weight excluding hydrogens is 335 g/mol. The molecule has 1 aromatic rings. The van der Waals surface area contributed by atoms with Crippen LogP contribution in [0.15, 0.2) is 24.3 Å². The van der Waals surface area contributed by atoms with Crippen molar-refractivity contribution in [3.63, 3.8) is 0 Å². The Morgan fingerprint density at radius 3 is 2.48 bits per heavy atom. The molecule has 118 valence electrons. The van der Waals surface area contributed by atoms with Gasteiger partial charge < -0.3 is 10.1 Å². The Morgan fingerprint density at radius 2 is 1.95 bits per heavy atom. The molecule has 0 aromatic heterocycles. The molecule has 0 fully saturated rings. The molecule has 0 saturated carbocycles. The third-order valence-electron chi connectivity index (χ3n) is 2.91. The average molecular weight is 355 g/mol. The van der Waals surface area contributed by atoms with Crippen LogP contribution in [0.2, 0.25) is 0 Å². The summed E-state index contributed by atoms with van der Waals surface area (Å²) in [5.41, 5.74) is 1.61. The van der Waals surface area contributed by atoms with E-state index in [4.69, 9.17) is 39.5 Å². The van der Waals surface area contributed by atoms with Crippen molar-refractivity contribution in [3.8, 4) is 0 Å². The summed E-state index contributed by atoms with van der Waals surface area (Å²) in [6, 6.07) is 7.21. The Morgan fingerprint density at radius 1 is 1.33 bits per heavy atom. The topological polar surface area (TPSA) is 54.9 Å². The van der Waals surface area contributed by atoms with Crippen LogP contribution < -0.4 is 10.6 Å². The molecule has 0 unspecified atom stereocenters. The van der Waals surface area contributed by atoms with Crippen molar-refractivity contribution in [2.75, 3.05) is 20.3 Å². The average Bonchev–Trinajstić information content (AvgIpc) is 2.41. The number of nitrogens with two attached hydrogens (primary N) is 1. The van der Waals surface area contributed by atoms with E-state index in [1.807, 2.05) is 19.1 Å². The van der Waals surface area contributed by atoms with Gasteiger partial charge in [-0.15, -0.1) is 0 Å². The first-order valence-electron chi connectivity index (χ1n) is 6.61. The lowest BCUT2D eigenvalue weighted by Gasteiger charge is -2.23. The second-order valence-corrected chi connectivity index (χ2v) is 7.10. The van der Waals surface area contributed by atoms with Gasteiger partial charge in [-0.1, -0.05) is 52.5 Å². The van der Waals surface area contributed by atoms with Crippen LogP contribution >= 0.6 is 34.8 Å². The number of benzene rings is 1. The van der Waals surface area contributed by atoms with E-state index in [-0.39, 0.29) is 5.91 Å². The normalized spacial score (nSPS) is 13.0. The van der Waals surface area contributed by atoms with E-state index in [1.165, 1.54) is 0 Å². The zero-order valence-electron chi connectivity index (χ0n) is 12.0. The van der Waals surface area contributed by atoms with Gasteiger partial charge in [0.25, 0.3) is 9.70 Å². The molecule has 0 heterocycles. The third-order valence-corrected chi connectivity index (χ3v) is 3.61. The lowest BCUT2D eigenvalue weighted by atomic mass is 10.1. The number of hydrogen-bond acceptors (Lipinski definition) is 2. The van der Waals surface area contributed by atoms with Gasteiger partial charge in [-0.2, -0.15) is 0 Å². The van der Waals surface area contributed by atoms with Crippen LogP contribution in [0.4, 0.5) is 0 Å². The van der Waals surface area contributed by atoms with Gasteiger partial charge in [-0.3, -0.25) is 10.1 Å². The number of nitrogens with one attached hydrogen (secondary N) is 1. The molecule has 0 saturated heterocycles. The highest BCUT2D eigenvalue weighted by Crippen LogP contribution is 2.27. The molecule has 1 atom stereocenters. The maximum Gasteiger partial charge on any atom is 0.262 e. The van der Waals surface area contributed by atoms with Crippen LogP contribution in [-0.2, 0) is 4.74 Å². The van der Waals surface area contributed by atoms with Crippen LogP contribution in [0.5, 0.6) is 0 Å². The van der Waals surface area contributed by atoms with Crippen molar-refractivity contribution in [3.05, 3.63) is 35.4 Å². The molecule has 3 N–H and O–H groups in total. The molecule has 0 spiro atoms. The summed E-state index contributed by atoms with van der Waals surface area (Å²) in [4.78, 5) is 12.2. The largest absolute Gasteiger partial charge is 0.384 e. The van der Waals surface area contributed by atoms with Crippen LogP contribution in [0, 0.1) is 6.92 Å². The van der Waals surface area contributed by atoms with Crippen LogP contribution in [-0.4, -0.2) is 36.1 Å². The minimum absolute atomic E-state index is 0.269. The molecule has 0 radical (unpaired) electrons. The standard InChI is InChI=1S/C14H19Cl3N2O2/c1-10-4-6-11(7-5-10)12(20)19-13(14(15,16)17)18-8-3-9-21-2/h4-7,13,18H,3,8-9H2,1-2H3,(H,19,20)/p+1/t13-/m0/s1. The van der Waals surface area contributed by atoms with E-state index in [0.29, 0.717) is 18.7 Å². The smallest absolute Gasteiger partial charge is 0.262 e. The van der Waals surface area contributed by atoms with E-state index in [9.17, 15) is 4.79 Å². The predicted molar refractivity (Wildman–Crippen MR) is 86.0 cm³/mol. The Balaban J connectivity index is 2.63.